The number of rotatable bonds is 5. The van der Waals surface area contributed by atoms with Crippen molar-refractivity contribution in [3.63, 3.8) is 0 Å². The molecule has 0 fully saturated rings. The second kappa shape index (κ2) is 13.4. The zero-order valence-corrected chi connectivity index (χ0v) is 34.5. The molecule has 10 aromatic carbocycles. The molecule has 14 aromatic rings. The maximum atomic E-state index is 6.50. The first-order chi connectivity index (χ1) is 31.7. The average Bonchev–Trinajstić information content (AvgIpc) is 4.10. The average molecular weight is 817 g/mol. The van der Waals surface area contributed by atoms with Crippen molar-refractivity contribution in [1.82, 2.24) is 9.13 Å². The minimum Gasteiger partial charge on any atom is -0.456 e. The molecular weight excluding hydrogens is 781 g/mol. The quantitative estimate of drug-likeness (QED) is 0.173. The minimum atomic E-state index is 0.855. The first-order valence-electron chi connectivity index (χ1n) is 21.8. The highest BCUT2D eigenvalue weighted by molar-refractivity contribution is 6.16. The summed E-state index contributed by atoms with van der Waals surface area (Å²) in [5, 5.41) is 9.19. The molecule has 64 heavy (non-hydrogen) atoms. The number of furan rings is 2. The van der Waals surface area contributed by atoms with Crippen molar-refractivity contribution in [2.24, 2.45) is 0 Å². The topological polar surface area (TPSA) is 36.1 Å². The van der Waals surface area contributed by atoms with Gasteiger partial charge in [0, 0.05) is 54.5 Å². The van der Waals surface area contributed by atoms with E-state index in [2.05, 4.69) is 215 Å². The van der Waals surface area contributed by atoms with Gasteiger partial charge in [-0.1, -0.05) is 121 Å². The Labute approximate surface area is 367 Å². The van der Waals surface area contributed by atoms with Gasteiger partial charge in [-0.05, 0) is 130 Å². The summed E-state index contributed by atoms with van der Waals surface area (Å²) in [6.45, 7) is 0. The van der Waals surface area contributed by atoms with Crippen LogP contribution in [0.5, 0.6) is 0 Å². The molecule has 14 rings (SSSR count). The van der Waals surface area contributed by atoms with Crippen LogP contribution in [0, 0.1) is 0 Å². The lowest BCUT2D eigenvalue weighted by Crippen LogP contribution is -1.96. The number of fused-ring (bicyclic) bond motifs is 12. The molecule has 4 heteroatoms. The van der Waals surface area contributed by atoms with Gasteiger partial charge >= 0.3 is 0 Å². The van der Waals surface area contributed by atoms with Crippen LogP contribution in [0.25, 0.3) is 132 Å². The Bertz CT molecular complexity index is 4180. The highest BCUT2D eigenvalue weighted by Crippen LogP contribution is 2.42. The van der Waals surface area contributed by atoms with Gasteiger partial charge in [-0.3, -0.25) is 0 Å². The van der Waals surface area contributed by atoms with Gasteiger partial charge in [0.1, 0.15) is 22.3 Å². The molecule has 298 valence electrons. The van der Waals surface area contributed by atoms with Crippen LogP contribution in [0.1, 0.15) is 0 Å². The Balaban J connectivity index is 0.940. The van der Waals surface area contributed by atoms with Crippen LogP contribution >= 0.6 is 0 Å². The zero-order valence-electron chi connectivity index (χ0n) is 34.5. The van der Waals surface area contributed by atoms with E-state index in [-0.39, 0.29) is 0 Å². The molecular formula is C60H36N2O2. The fraction of sp³-hybridized carbons (Fsp3) is 0. The number of nitrogens with zero attached hydrogens (tertiary/aromatic N) is 2. The van der Waals surface area contributed by atoms with Crippen molar-refractivity contribution in [3.8, 4) is 44.8 Å². The highest BCUT2D eigenvalue weighted by Gasteiger charge is 2.19. The Morgan fingerprint density at radius 2 is 0.656 bits per heavy atom. The molecule has 0 aliphatic heterocycles. The summed E-state index contributed by atoms with van der Waals surface area (Å²) in [5.74, 6) is 0. The zero-order chi connectivity index (χ0) is 41.9. The summed E-state index contributed by atoms with van der Waals surface area (Å²) in [5.41, 5.74) is 17.4. The first-order valence-corrected chi connectivity index (χ1v) is 21.8. The van der Waals surface area contributed by atoms with E-state index in [9.17, 15) is 0 Å². The number of aromatic nitrogens is 2. The Kier molecular flexibility index (Phi) is 7.36. The number of para-hydroxylation sites is 4. The van der Waals surface area contributed by atoms with E-state index in [0.29, 0.717) is 0 Å². The molecule has 0 bridgehead atoms. The van der Waals surface area contributed by atoms with E-state index in [4.69, 9.17) is 8.83 Å². The van der Waals surface area contributed by atoms with Gasteiger partial charge in [0.05, 0.1) is 22.1 Å². The standard InChI is InChI=1S/C60H36N2O2/c1-3-13-37(14-4-1)41-29-42(40-25-28-58-50(34-40)52-36-59-51(35-60(52)64-58)47-19-9-12-22-57(47)63-59)31-44(30-41)62-54-21-11-8-18-46(54)49-33-39(24-27-56(49)62)38-23-26-55-48(32-38)45-17-7-10-20-53(45)61(55)43-15-5-2-6-16-43/h1-36H. The molecule has 0 N–H and O–H groups in total. The van der Waals surface area contributed by atoms with Gasteiger partial charge in [0.2, 0.25) is 0 Å². The number of hydrogen-bond donors (Lipinski definition) is 0. The van der Waals surface area contributed by atoms with Crippen LogP contribution in [-0.2, 0) is 0 Å². The van der Waals surface area contributed by atoms with Crippen LogP contribution in [0.2, 0.25) is 0 Å². The molecule has 0 radical (unpaired) electrons. The highest BCUT2D eigenvalue weighted by atomic mass is 16.3. The molecule has 4 aromatic heterocycles. The third-order valence-corrected chi connectivity index (χ3v) is 13.3. The van der Waals surface area contributed by atoms with E-state index in [1.165, 1.54) is 54.8 Å². The summed E-state index contributed by atoms with van der Waals surface area (Å²) in [7, 11) is 0. The van der Waals surface area contributed by atoms with Gasteiger partial charge in [0.15, 0.2) is 0 Å². The first kappa shape index (κ1) is 35.0. The molecule has 0 aliphatic rings. The molecule has 0 aliphatic carbocycles. The van der Waals surface area contributed by atoms with E-state index in [0.717, 1.165) is 77.5 Å². The van der Waals surface area contributed by atoms with Crippen molar-refractivity contribution >= 4 is 87.5 Å². The van der Waals surface area contributed by atoms with Crippen molar-refractivity contribution in [2.75, 3.05) is 0 Å². The SMILES string of the molecule is c1ccc(-c2cc(-c3ccc4oc5cc6c(cc5c4c3)oc3ccccc36)cc(-n3c4ccccc4c4cc(-c5ccc6c(c5)c5ccccc5n6-c5ccccc5)ccc43)c2)cc1. The fourth-order valence-electron chi connectivity index (χ4n) is 10.3. The number of benzene rings is 10. The summed E-state index contributed by atoms with van der Waals surface area (Å²) >= 11 is 0. The Morgan fingerprint density at radius 1 is 0.219 bits per heavy atom. The van der Waals surface area contributed by atoms with Crippen LogP contribution in [0.4, 0.5) is 0 Å². The van der Waals surface area contributed by atoms with Gasteiger partial charge in [-0.15, -0.1) is 0 Å². The van der Waals surface area contributed by atoms with Gasteiger partial charge in [-0.25, -0.2) is 0 Å². The lowest BCUT2D eigenvalue weighted by molar-refractivity contribution is 0.664. The van der Waals surface area contributed by atoms with Gasteiger partial charge < -0.3 is 18.0 Å². The van der Waals surface area contributed by atoms with E-state index < -0.39 is 0 Å². The summed E-state index contributed by atoms with van der Waals surface area (Å²) in [6.07, 6.45) is 0. The molecule has 0 saturated carbocycles. The smallest absolute Gasteiger partial charge is 0.136 e. The molecule has 0 unspecified atom stereocenters. The van der Waals surface area contributed by atoms with Crippen LogP contribution in [0.15, 0.2) is 227 Å². The summed E-state index contributed by atoms with van der Waals surface area (Å²) in [4.78, 5) is 0. The predicted octanol–water partition coefficient (Wildman–Crippen LogP) is 16.7. The maximum Gasteiger partial charge on any atom is 0.136 e. The Morgan fingerprint density at radius 3 is 1.31 bits per heavy atom. The van der Waals surface area contributed by atoms with E-state index in [1.54, 1.807) is 0 Å². The van der Waals surface area contributed by atoms with Crippen LogP contribution in [0.3, 0.4) is 0 Å². The minimum absolute atomic E-state index is 0.855. The lowest BCUT2D eigenvalue weighted by Gasteiger charge is -2.14. The van der Waals surface area contributed by atoms with Gasteiger partial charge in [-0.2, -0.15) is 0 Å². The lowest BCUT2D eigenvalue weighted by atomic mass is 9.96. The van der Waals surface area contributed by atoms with E-state index >= 15 is 0 Å². The van der Waals surface area contributed by atoms with Crippen LogP contribution in [-0.4, -0.2) is 9.13 Å². The molecule has 0 saturated heterocycles. The van der Waals surface area contributed by atoms with Crippen molar-refractivity contribution < 1.29 is 8.83 Å². The third-order valence-electron chi connectivity index (χ3n) is 13.3. The normalized spacial score (nSPS) is 12.1. The van der Waals surface area contributed by atoms with Crippen LogP contribution < -0.4 is 0 Å². The third kappa shape index (κ3) is 5.23. The van der Waals surface area contributed by atoms with Crippen molar-refractivity contribution in [1.29, 1.82) is 0 Å². The second-order valence-corrected chi connectivity index (χ2v) is 16.9. The fourth-order valence-corrected chi connectivity index (χ4v) is 10.3. The molecule has 0 spiro atoms. The maximum absolute atomic E-state index is 6.50. The van der Waals surface area contributed by atoms with E-state index in [1.807, 2.05) is 12.1 Å². The molecule has 0 amide bonds. The molecule has 0 atom stereocenters. The molecule has 4 heterocycles. The molecule has 4 nitrogen and oxygen atoms in total. The Hall–Kier alpha value is -8.60. The summed E-state index contributed by atoms with van der Waals surface area (Å²) in [6, 6.07) is 78.8. The predicted molar refractivity (Wildman–Crippen MR) is 266 cm³/mol. The number of hydrogen-bond acceptors (Lipinski definition) is 2. The van der Waals surface area contributed by atoms with Crippen molar-refractivity contribution in [2.45, 2.75) is 0 Å². The largest absolute Gasteiger partial charge is 0.456 e. The second-order valence-electron chi connectivity index (χ2n) is 16.9. The monoisotopic (exact) mass is 816 g/mol. The summed E-state index contributed by atoms with van der Waals surface area (Å²) < 4.78 is 17.6. The van der Waals surface area contributed by atoms with Crippen molar-refractivity contribution in [3.05, 3.63) is 218 Å². The van der Waals surface area contributed by atoms with Gasteiger partial charge in [0.25, 0.3) is 0 Å².